The van der Waals surface area contributed by atoms with Gasteiger partial charge in [-0.25, -0.2) is 4.79 Å². The SMILES string of the molecule is O=C(Nc1cccc(-c2cccnc2)c1)Nc1ccccc1CCO. The molecule has 5 heteroatoms. The van der Waals surface area contributed by atoms with Gasteiger partial charge >= 0.3 is 6.03 Å². The first-order valence-electron chi connectivity index (χ1n) is 8.03. The molecular weight excluding hydrogens is 314 g/mol. The number of carbonyl (C=O) groups excluding carboxylic acids is 1. The van der Waals surface area contributed by atoms with Crippen molar-refractivity contribution in [2.24, 2.45) is 0 Å². The van der Waals surface area contributed by atoms with Gasteiger partial charge in [-0.2, -0.15) is 0 Å². The second-order valence-electron chi connectivity index (χ2n) is 5.53. The number of aromatic nitrogens is 1. The first-order chi connectivity index (χ1) is 12.3. The highest BCUT2D eigenvalue weighted by Crippen LogP contribution is 2.22. The fourth-order valence-corrected chi connectivity index (χ4v) is 2.58. The van der Waals surface area contributed by atoms with Crippen LogP contribution in [0.1, 0.15) is 5.56 Å². The molecule has 0 aliphatic heterocycles. The zero-order valence-electron chi connectivity index (χ0n) is 13.6. The summed E-state index contributed by atoms with van der Waals surface area (Å²) in [6.07, 6.45) is 4.00. The van der Waals surface area contributed by atoms with Gasteiger partial charge in [0.05, 0.1) is 0 Å². The van der Waals surface area contributed by atoms with E-state index in [4.69, 9.17) is 5.11 Å². The Hall–Kier alpha value is -3.18. The normalized spacial score (nSPS) is 10.3. The van der Waals surface area contributed by atoms with Crippen molar-refractivity contribution in [1.29, 1.82) is 0 Å². The van der Waals surface area contributed by atoms with Crippen LogP contribution in [-0.2, 0) is 6.42 Å². The lowest BCUT2D eigenvalue weighted by molar-refractivity contribution is 0.262. The molecule has 0 radical (unpaired) electrons. The van der Waals surface area contributed by atoms with Crippen molar-refractivity contribution in [3.05, 3.63) is 78.6 Å². The molecule has 0 aliphatic carbocycles. The average molecular weight is 333 g/mol. The Morgan fingerprint density at radius 1 is 0.960 bits per heavy atom. The minimum Gasteiger partial charge on any atom is -0.396 e. The molecule has 0 fully saturated rings. The smallest absolute Gasteiger partial charge is 0.323 e. The van der Waals surface area contributed by atoms with E-state index >= 15 is 0 Å². The summed E-state index contributed by atoms with van der Waals surface area (Å²) < 4.78 is 0. The molecular formula is C20H19N3O2. The molecule has 2 aromatic carbocycles. The molecule has 0 spiro atoms. The van der Waals surface area contributed by atoms with E-state index in [-0.39, 0.29) is 12.6 Å². The number of urea groups is 1. The van der Waals surface area contributed by atoms with Gasteiger partial charge in [-0.3, -0.25) is 4.98 Å². The van der Waals surface area contributed by atoms with E-state index in [0.29, 0.717) is 17.8 Å². The number of amides is 2. The van der Waals surface area contributed by atoms with Crippen LogP contribution >= 0.6 is 0 Å². The Labute approximate surface area is 146 Å². The van der Waals surface area contributed by atoms with Gasteiger partial charge in [0.25, 0.3) is 0 Å². The van der Waals surface area contributed by atoms with E-state index in [9.17, 15) is 4.79 Å². The van der Waals surface area contributed by atoms with E-state index in [1.54, 1.807) is 12.4 Å². The molecule has 5 nitrogen and oxygen atoms in total. The van der Waals surface area contributed by atoms with Gasteiger partial charge in [-0.15, -0.1) is 0 Å². The first-order valence-corrected chi connectivity index (χ1v) is 8.03. The van der Waals surface area contributed by atoms with Gasteiger partial charge in [-0.05, 0) is 41.8 Å². The van der Waals surface area contributed by atoms with Gasteiger partial charge in [0.1, 0.15) is 0 Å². The molecule has 0 aliphatic rings. The molecule has 0 atom stereocenters. The van der Waals surface area contributed by atoms with E-state index in [0.717, 1.165) is 16.7 Å². The molecule has 3 aromatic rings. The Bertz CT molecular complexity index is 850. The maximum absolute atomic E-state index is 12.3. The van der Waals surface area contributed by atoms with Crippen molar-refractivity contribution in [2.75, 3.05) is 17.2 Å². The molecule has 0 unspecified atom stereocenters. The molecule has 126 valence electrons. The number of pyridine rings is 1. The maximum Gasteiger partial charge on any atom is 0.323 e. The van der Waals surface area contributed by atoms with Crippen molar-refractivity contribution < 1.29 is 9.90 Å². The Balaban J connectivity index is 1.72. The first kappa shape index (κ1) is 16.7. The summed E-state index contributed by atoms with van der Waals surface area (Å²) in [6.45, 7) is 0.0352. The molecule has 2 amide bonds. The van der Waals surface area contributed by atoms with Gasteiger partial charge in [0.2, 0.25) is 0 Å². The Morgan fingerprint density at radius 3 is 2.60 bits per heavy atom. The lowest BCUT2D eigenvalue weighted by Crippen LogP contribution is -2.20. The molecule has 1 heterocycles. The fraction of sp³-hybridized carbons (Fsp3) is 0.100. The van der Waals surface area contributed by atoms with Gasteiger partial charge in [0, 0.05) is 35.9 Å². The summed E-state index contributed by atoms with van der Waals surface area (Å²) in [5.74, 6) is 0. The molecule has 1 aromatic heterocycles. The molecule has 0 bridgehead atoms. The Kier molecular flexibility index (Phi) is 5.39. The van der Waals surface area contributed by atoms with Gasteiger partial charge in [0.15, 0.2) is 0 Å². The quantitative estimate of drug-likeness (QED) is 0.662. The predicted octanol–water partition coefficient (Wildman–Crippen LogP) is 3.93. The third-order valence-corrected chi connectivity index (χ3v) is 3.76. The topological polar surface area (TPSA) is 74.2 Å². The second kappa shape index (κ2) is 8.08. The minimum atomic E-state index is -0.325. The standard InChI is InChI=1S/C20H19N3O2/c24-12-10-15-5-1-2-9-19(15)23-20(25)22-18-8-3-6-16(13-18)17-7-4-11-21-14-17/h1-9,11,13-14,24H,10,12H2,(H2,22,23,25). The number of anilines is 2. The molecule has 25 heavy (non-hydrogen) atoms. The minimum absolute atomic E-state index is 0.0352. The van der Waals surface area contributed by atoms with Crippen LogP contribution in [0.15, 0.2) is 73.1 Å². The summed E-state index contributed by atoms with van der Waals surface area (Å²) in [6, 6.07) is 18.5. The number of aliphatic hydroxyl groups excluding tert-OH is 1. The number of carbonyl (C=O) groups is 1. The van der Waals surface area contributed by atoms with Crippen molar-refractivity contribution in [2.45, 2.75) is 6.42 Å². The lowest BCUT2D eigenvalue weighted by Gasteiger charge is -2.12. The van der Waals surface area contributed by atoms with Gasteiger partial charge < -0.3 is 15.7 Å². The van der Waals surface area contributed by atoms with Crippen LogP contribution in [-0.4, -0.2) is 22.7 Å². The number of para-hydroxylation sites is 1. The van der Waals surface area contributed by atoms with Crippen LogP contribution < -0.4 is 10.6 Å². The number of nitrogens with zero attached hydrogens (tertiary/aromatic N) is 1. The highest BCUT2D eigenvalue weighted by atomic mass is 16.3. The van der Waals surface area contributed by atoms with Crippen molar-refractivity contribution in [3.8, 4) is 11.1 Å². The number of aliphatic hydroxyl groups is 1. The molecule has 3 rings (SSSR count). The number of hydrogen-bond acceptors (Lipinski definition) is 3. The summed E-state index contributed by atoms with van der Waals surface area (Å²) in [4.78, 5) is 16.4. The highest BCUT2D eigenvalue weighted by molar-refractivity contribution is 6.00. The zero-order chi connectivity index (χ0) is 17.5. The van der Waals surface area contributed by atoms with Crippen LogP contribution in [0.25, 0.3) is 11.1 Å². The van der Waals surface area contributed by atoms with Crippen molar-refractivity contribution in [3.63, 3.8) is 0 Å². The Morgan fingerprint density at radius 2 is 1.80 bits per heavy atom. The van der Waals surface area contributed by atoms with E-state index < -0.39 is 0 Å². The number of hydrogen-bond donors (Lipinski definition) is 3. The fourth-order valence-electron chi connectivity index (χ4n) is 2.58. The molecule has 3 N–H and O–H groups in total. The summed E-state index contributed by atoms with van der Waals surface area (Å²) >= 11 is 0. The van der Waals surface area contributed by atoms with Crippen LogP contribution in [0, 0.1) is 0 Å². The van der Waals surface area contributed by atoms with Crippen LogP contribution in [0.4, 0.5) is 16.2 Å². The molecule has 0 saturated heterocycles. The third kappa shape index (κ3) is 4.43. The summed E-state index contributed by atoms with van der Waals surface area (Å²) in [5.41, 5.74) is 4.24. The number of benzene rings is 2. The van der Waals surface area contributed by atoms with Crippen molar-refractivity contribution in [1.82, 2.24) is 4.98 Å². The van der Waals surface area contributed by atoms with Crippen molar-refractivity contribution >= 4 is 17.4 Å². The third-order valence-electron chi connectivity index (χ3n) is 3.76. The second-order valence-corrected chi connectivity index (χ2v) is 5.53. The highest BCUT2D eigenvalue weighted by Gasteiger charge is 2.07. The number of rotatable bonds is 5. The lowest BCUT2D eigenvalue weighted by atomic mass is 10.1. The predicted molar refractivity (Wildman–Crippen MR) is 99.5 cm³/mol. The maximum atomic E-state index is 12.3. The van der Waals surface area contributed by atoms with E-state index in [1.165, 1.54) is 0 Å². The largest absolute Gasteiger partial charge is 0.396 e. The van der Waals surface area contributed by atoms with Gasteiger partial charge in [-0.1, -0.05) is 36.4 Å². The van der Waals surface area contributed by atoms with E-state index in [1.807, 2.05) is 60.7 Å². The number of nitrogens with one attached hydrogen (secondary N) is 2. The van der Waals surface area contributed by atoms with Crippen LogP contribution in [0.5, 0.6) is 0 Å². The van der Waals surface area contributed by atoms with Crippen LogP contribution in [0.2, 0.25) is 0 Å². The summed E-state index contributed by atoms with van der Waals surface area (Å²) in [7, 11) is 0. The molecule has 0 saturated carbocycles. The zero-order valence-corrected chi connectivity index (χ0v) is 13.6. The van der Waals surface area contributed by atoms with E-state index in [2.05, 4.69) is 15.6 Å². The monoisotopic (exact) mass is 333 g/mol. The van der Waals surface area contributed by atoms with Crippen LogP contribution in [0.3, 0.4) is 0 Å². The summed E-state index contributed by atoms with van der Waals surface area (Å²) in [5, 5.41) is 14.8. The average Bonchev–Trinajstić information content (AvgIpc) is 2.64.